The van der Waals surface area contributed by atoms with E-state index in [2.05, 4.69) is 0 Å². The molecule has 0 unspecified atom stereocenters. The van der Waals surface area contributed by atoms with Crippen LogP contribution in [0.25, 0.3) is 0 Å². The Labute approximate surface area is 126 Å². The summed E-state index contributed by atoms with van der Waals surface area (Å²) in [6, 6.07) is 2.11. The van der Waals surface area contributed by atoms with Crippen molar-refractivity contribution in [3.05, 3.63) is 22.7 Å². The van der Waals surface area contributed by atoms with Gasteiger partial charge in [-0.15, -0.1) is 0 Å². The number of carboxylic acids is 1. The molecule has 1 rings (SSSR count). The smallest absolute Gasteiger partial charge is 0.339 e. The number of carbonyl (C=O) groups is 1. The van der Waals surface area contributed by atoms with Crippen molar-refractivity contribution in [2.75, 3.05) is 13.7 Å². The molecular formula is C12H15ClFNO5S. The largest absolute Gasteiger partial charge is 0.494 e. The van der Waals surface area contributed by atoms with E-state index in [1.165, 1.54) is 13.8 Å². The first-order valence-electron chi connectivity index (χ1n) is 5.77. The number of halogens is 2. The van der Waals surface area contributed by atoms with Crippen LogP contribution in [0.1, 0.15) is 24.2 Å². The van der Waals surface area contributed by atoms with Gasteiger partial charge in [-0.3, -0.25) is 0 Å². The lowest BCUT2D eigenvalue weighted by Crippen LogP contribution is -2.35. The molecule has 0 heterocycles. The van der Waals surface area contributed by atoms with Crippen LogP contribution in [0.4, 0.5) is 4.39 Å². The molecule has 0 aliphatic rings. The molecule has 9 heteroatoms. The number of hydrogen-bond acceptors (Lipinski definition) is 4. The molecule has 118 valence electrons. The van der Waals surface area contributed by atoms with Crippen molar-refractivity contribution < 1.29 is 27.4 Å². The molecule has 2 N–H and O–H groups in total. The van der Waals surface area contributed by atoms with E-state index in [4.69, 9.17) is 21.4 Å². The Morgan fingerprint density at radius 3 is 2.48 bits per heavy atom. The zero-order valence-corrected chi connectivity index (χ0v) is 13.2. The zero-order valence-electron chi connectivity index (χ0n) is 11.6. The summed E-state index contributed by atoms with van der Waals surface area (Å²) in [5, 5.41) is 8.97. The van der Waals surface area contributed by atoms with Gasteiger partial charge >= 0.3 is 5.97 Å². The second kappa shape index (κ2) is 6.17. The number of rotatable bonds is 6. The van der Waals surface area contributed by atoms with Crippen molar-refractivity contribution in [2.24, 2.45) is 0 Å². The second-order valence-electron chi connectivity index (χ2n) is 4.83. The van der Waals surface area contributed by atoms with Crippen molar-refractivity contribution in [2.45, 2.75) is 24.4 Å². The molecule has 0 bridgehead atoms. The van der Waals surface area contributed by atoms with Gasteiger partial charge in [-0.05, 0) is 26.0 Å². The van der Waals surface area contributed by atoms with E-state index in [1.807, 2.05) is 4.72 Å². The predicted molar refractivity (Wildman–Crippen MR) is 75.3 cm³/mol. The molecule has 0 saturated heterocycles. The van der Waals surface area contributed by atoms with E-state index in [-0.39, 0.29) is 10.8 Å². The standard InChI is InChI=1S/C12H15ClFNO5S/c1-12(2,14)6-15-21(18,19)9-5-7(13)4-8(11(16)17)10(9)20-3/h4-5,15H,6H2,1-3H3,(H,16,17). The van der Waals surface area contributed by atoms with Gasteiger partial charge < -0.3 is 9.84 Å². The van der Waals surface area contributed by atoms with E-state index in [1.54, 1.807) is 0 Å². The summed E-state index contributed by atoms with van der Waals surface area (Å²) >= 11 is 5.73. The molecule has 0 aromatic heterocycles. The highest BCUT2D eigenvalue weighted by molar-refractivity contribution is 7.89. The number of carboxylic acid groups (broad SMARTS) is 1. The highest BCUT2D eigenvalue weighted by Crippen LogP contribution is 2.31. The maximum atomic E-state index is 13.4. The molecule has 1 aromatic rings. The van der Waals surface area contributed by atoms with Gasteiger partial charge in [0.15, 0.2) is 5.75 Å². The summed E-state index contributed by atoms with van der Waals surface area (Å²) in [7, 11) is -3.04. The van der Waals surface area contributed by atoms with E-state index in [9.17, 15) is 17.6 Å². The third-order valence-corrected chi connectivity index (χ3v) is 4.05. The Morgan fingerprint density at radius 1 is 1.48 bits per heavy atom. The van der Waals surface area contributed by atoms with E-state index >= 15 is 0 Å². The first kappa shape index (κ1) is 17.7. The average molecular weight is 340 g/mol. The molecule has 0 amide bonds. The fourth-order valence-corrected chi connectivity index (χ4v) is 3.17. The normalized spacial score (nSPS) is 12.2. The highest BCUT2D eigenvalue weighted by atomic mass is 35.5. The van der Waals surface area contributed by atoms with Gasteiger partial charge in [0.25, 0.3) is 0 Å². The Kier molecular flexibility index (Phi) is 5.19. The minimum absolute atomic E-state index is 0.0897. The number of ether oxygens (including phenoxy) is 1. The zero-order chi connectivity index (χ0) is 16.4. The summed E-state index contributed by atoms with van der Waals surface area (Å²) < 4.78 is 44.7. The van der Waals surface area contributed by atoms with E-state index in [0.29, 0.717) is 0 Å². The van der Waals surface area contributed by atoms with Crippen molar-refractivity contribution in [1.29, 1.82) is 0 Å². The van der Waals surface area contributed by atoms with Crippen LogP contribution < -0.4 is 9.46 Å². The lowest BCUT2D eigenvalue weighted by molar-refractivity contribution is 0.0692. The van der Waals surface area contributed by atoms with Crippen LogP contribution in [-0.2, 0) is 10.0 Å². The Hall–Kier alpha value is -1.38. The molecule has 6 nitrogen and oxygen atoms in total. The number of methoxy groups -OCH3 is 1. The van der Waals surface area contributed by atoms with Crippen LogP contribution in [0.3, 0.4) is 0 Å². The SMILES string of the molecule is COc1c(C(=O)O)cc(Cl)cc1S(=O)(=O)NCC(C)(C)F. The van der Waals surface area contributed by atoms with Crippen molar-refractivity contribution in [3.63, 3.8) is 0 Å². The monoisotopic (exact) mass is 339 g/mol. The molecule has 0 spiro atoms. The average Bonchev–Trinajstić information content (AvgIpc) is 2.34. The van der Waals surface area contributed by atoms with Crippen LogP contribution in [0.5, 0.6) is 5.75 Å². The van der Waals surface area contributed by atoms with E-state index in [0.717, 1.165) is 19.2 Å². The quantitative estimate of drug-likeness (QED) is 0.827. The molecule has 0 saturated carbocycles. The summed E-state index contributed by atoms with van der Waals surface area (Å²) in [4.78, 5) is 10.7. The predicted octanol–water partition coefficient (Wildman–Crippen LogP) is 2.07. The van der Waals surface area contributed by atoms with Crippen molar-refractivity contribution >= 4 is 27.6 Å². The van der Waals surface area contributed by atoms with E-state index < -0.39 is 38.7 Å². The first-order chi connectivity index (χ1) is 9.48. The van der Waals surface area contributed by atoms with Gasteiger partial charge in [0, 0.05) is 11.6 Å². The highest BCUT2D eigenvalue weighted by Gasteiger charge is 2.27. The van der Waals surface area contributed by atoms with Crippen LogP contribution in [-0.4, -0.2) is 38.8 Å². The molecule has 0 radical (unpaired) electrons. The van der Waals surface area contributed by atoms with Crippen LogP contribution in [0.2, 0.25) is 5.02 Å². The third kappa shape index (κ3) is 4.55. The summed E-state index contributed by atoms with van der Waals surface area (Å²) in [6.45, 7) is 1.92. The lowest BCUT2D eigenvalue weighted by atomic mass is 10.2. The fourth-order valence-electron chi connectivity index (χ4n) is 1.48. The first-order valence-corrected chi connectivity index (χ1v) is 7.63. The van der Waals surface area contributed by atoms with Gasteiger partial charge in [0.2, 0.25) is 10.0 Å². The topological polar surface area (TPSA) is 92.7 Å². The molecule has 0 aliphatic carbocycles. The molecular weight excluding hydrogens is 325 g/mol. The van der Waals surface area contributed by atoms with Gasteiger partial charge in [0.05, 0.1) is 7.11 Å². The number of alkyl halides is 1. The number of hydrogen-bond donors (Lipinski definition) is 2. The Balaban J connectivity index is 3.38. The maximum absolute atomic E-state index is 13.4. The number of aromatic carboxylic acids is 1. The molecule has 1 aromatic carbocycles. The number of benzene rings is 1. The number of nitrogens with one attached hydrogen (secondary N) is 1. The van der Waals surface area contributed by atoms with Gasteiger partial charge in [-0.25, -0.2) is 22.3 Å². The molecule has 0 aliphatic heterocycles. The Bertz CT molecular complexity index is 654. The summed E-state index contributed by atoms with van der Waals surface area (Å²) in [5.74, 6) is -1.76. The second-order valence-corrected chi connectivity index (χ2v) is 7.00. The molecule has 21 heavy (non-hydrogen) atoms. The van der Waals surface area contributed by atoms with Crippen molar-refractivity contribution in [1.82, 2.24) is 4.72 Å². The van der Waals surface area contributed by atoms with Gasteiger partial charge in [0.1, 0.15) is 16.1 Å². The van der Waals surface area contributed by atoms with Crippen molar-refractivity contribution in [3.8, 4) is 5.75 Å². The fraction of sp³-hybridized carbons (Fsp3) is 0.417. The van der Waals surface area contributed by atoms with Gasteiger partial charge in [-0.1, -0.05) is 11.6 Å². The minimum atomic E-state index is -4.18. The van der Waals surface area contributed by atoms with Crippen LogP contribution in [0.15, 0.2) is 17.0 Å². The Morgan fingerprint density at radius 2 is 2.05 bits per heavy atom. The summed E-state index contributed by atoms with van der Waals surface area (Å²) in [6.07, 6.45) is 0. The lowest BCUT2D eigenvalue weighted by Gasteiger charge is -2.17. The van der Waals surface area contributed by atoms with Gasteiger partial charge in [-0.2, -0.15) is 0 Å². The van der Waals surface area contributed by atoms with Crippen LogP contribution >= 0.6 is 11.6 Å². The summed E-state index contributed by atoms with van der Waals surface area (Å²) in [5.41, 5.74) is -2.17. The maximum Gasteiger partial charge on any atom is 0.339 e. The minimum Gasteiger partial charge on any atom is -0.494 e. The third-order valence-electron chi connectivity index (χ3n) is 2.43. The molecule has 0 atom stereocenters. The number of sulfonamides is 1. The molecule has 0 fully saturated rings. The van der Waals surface area contributed by atoms with Crippen LogP contribution in [0, 0.1) is 0 Å².